The van der Waals surface area contributed by atoms with Gasteiger partial charge in [-0.3, -0.25) is 30.3 Å². The second-order valence-electron chi connectivity index (χ2n) is 6.91. The standard InChI is InChI=1S/C22H17N5O5S2/c1-12-18(34-22(23-12)26-20(29)14-5-9-16(32-2)10-6-14)17-11-33-21(24-17)25-19(28)13-3-7-15(8-4-13)27(30)31/h3-11H,1-2H3,(H,23,26,29)(H,24,25,28). The van der Waals surface area contributed by atoms with Gasteiger partial charge in [0, 0.05) is 28.6 Å². The molecule has 34 heavy (non-hydrogen) atoms. The van der Waals surface area contributed by atoms with E-state index in [0.717, 1.165) is 4.88 Å². The fraction of sp³-hybridized carbons (Fsp3) is 0.0909. The third-order valence-electron chi connectivity index (χ3n) is 4.67. The Morgan fingerprint density at radius 2 is 1.53 bits per heavy atom. The van der Waals surface area contributed by atoms with Crippen molar-refractivity contribution in [2.45, 2.75) is 6.92 Å². The van der Waals surface area contributed by atoms with Crippen molar-refractivity contribution in [3.63, 3.8) is 0 Å². The summed E-state index contributed by atoms with van der Waals surface area (Å²) in [6, 6.07) is 12.0. The molecule has 0 fully saturated rings. The van der Waals surface area contributed by atoms with Gasteiger partial charge in [0.2, 0.25) is 0 Å². The Kier molecular flexibility index (Phi) is 6.61. The minimum atomic E-state index is -0.528. The first-order chi connectivity index (χ1) is 16.3. The highest BCUT2D eigenvalue weighted by molar-refractivity contribution is 7.20. The maximum Gasteiger partial charge on any atom is 0.269 e. The van der Waals surface area contributed by atoms with Crippen LogP contribution in [0.4, 0.5) is 16.0 Å². The largest absolute Gasteiger partial charge is 0.497 e. The van der Waals surface area contributed by atoms with Crippen LogP contribution in [0.2, 0.25) is 0 Å². The van der Waals surface area contributed by atoms with E-state index in [2.05, 4.69) is 20.6 Å². The van der Waals surface area contributed by atoms with E-state index in [9.17, 15) is 19.7 Å². The van der Waals surface area contributed by atoms with Crippen LogP contribution >= 0.6 is 22.7 Å². The molecule has 0 aliphatic carbocycles. The summed E-state index contributed by atoms with van der Waals surface area (Å²) in [5, 5.41) is 18.8. The number of ether oxygens (including phenoxy) is 1. The van der Waals surface area contributed by atoms with Gasteiger partial charge in [-0.2, -0.15) is 0 Å². The number of nitrogens with one attached hydrogen (secondary N) is 2. The van der Waals surface area contributed by atoms with Gasteiger partial charge in [0.15, 0.2) is 10.3 Å². The van der Waals surface area contributed by atoms with Gasteiger partial charge in [0.1, 0.15) is 5.75 Å². The quantitative estimate of drug-likeness (QED) is 0.272. The molecule has 2 N–H and O–H groups in total. The number of thiazole rings is 2. The number of nitro groups is 1. The molecule has 0 bridgehead atoms. The van der Waals surface area contributed by atoms with E-state index in [1.165, 1.54) is 46.9 Å². The molecule has 172 valence electrons. The topological polar surface area (TPSA) is 136 Å². The average Bonchev–Trinajstić information content (AvgIpc) is 3.44. The molecule has 0 radical (unpaired) electrons. The fourth-order valence-electron chi connectivity index (χ4n) is 2.94. The zero-order valence-electron chi connectivity index (χ0n) is 17.9. The van der Waals surface area contributed by atoms with Crippen molar-refractivity contribution in [3.8, 4) is 16.3 Å². The number of methoxy groups -OCH3 is 1. The Morgan fingerprint density at radius 1 is 0.941 bits per heavy atom. The van der Waals surface area contributed by atoms with Crippen LogP contribution in [0, 0.1) is 17.0 Å². The number of non-ortho nitro benzene ring substituents is 1. The van der Waals surface area contributed by atoms with E-state index < -0.39 is 10.8 Å². The van der Waals surface area contributed by atoms with Gasteiger partial charge >= 0.3 is 0 Å². The van der Waals surface area contributed by atoms with Crippen LogP contribution in [0.5, 0.6) is 5.75 Å². The third kappa shape index (κ3) is 5.08. The van der Waals surface area contributed by atoms with Gasteiger partial charge < -0.3 is 4.74 Å². The highest BCUT2D eigenvalue weighted by Gasteiger charge is 2.17. The Morgan fingerprint density at radius 3 is 2.12 bits per heavy atom. The number of nitrogens with zero attached hydrogens (tertiary/aromatic N) is 3. The number of hydrogen-bond acceptors (Lipinski definition) is 9. The predicted octanol–water partition coefficient (Wildman–Crippen LogP) is 5.00. The van der Waals surface area contributed by atoms with Crippen LogP contribution in [-0.4, -0.2) is 33.8 Å². The number of aromatic nitrogens is 2. The van der Waals surface area contributed by atoms with Crippen LogP contribution in [0.25, 0.3) is 10.6 Å². The number of carbonyl (C=O) groups is 2. The van der Waals surface area contributed by atoms with Crippen LogP contribution < -0.4 is 15.4 Å². The summed E-state index contributed by atoms with van der Waals surface area (Å²) in [6.45, 7) is 1.81. The Bertz CT molecular complexity index is 1360. The summed E-state index contributed by atoms with van der Waals surface area (Å²) in [5.41, 5.74) is 1.96. The molecule has 0 saturated carbocycles. The van der Waals surface area contributed by atoms with E-state index >= 15 is 0 Å². The van der Waals surface area contributed by atoms with Crippen LogP contribution in [0.3, 0.4) is 0 Å². The summed E-state index contributed by atoms with van der Waals surface area (Å²) in [6.07, 6.45) is 0. The molecule has 2 amide bonds. The minimum Gasteiger partial charge on any atom is -0.497 e. The van der Waals surface area contributed by atoms with Gasteiger partial charge in [-0.15, -0.1) is 11.3 Å². The van der Waals surface area contributed by atoms with Crippen molar-refractivity contribution >= 4 is 50.4 Å². The summed E-state index contributed by atoms with van der Waals surface area (Å²) >= 11 is 2.51. The van der Waals surface area contributed by atoms with Gasteiger partial charge in [0.25, 0.3) is 17.5 Å². The van der Waals surface area contributed by atoms with Gasteiger partial charge in [-0.1, -0.05) is 11.3 Å². The zero-order valence-corrected chi connectivity index (χ0v) is 19.5. The molecule has 0 aliphatic rings. The van der Waals surface area contributed by atoms with Crippen molar-refractivity contribution in [1.29, 1.82) is 0 Å². The highest BCUT2D eigenvalue weighted by atomic mass is 32.1. The van der Waals surface area contributed by atoms with Crippen molar-refractivity contribution in [3.05, 3.63) is 80.8 Å². The van der Waals surface area contributed by atoms with Gasteiger partial charge in [0.05, 0.1) is 28.3 Å². The number of carbonyl (C=O) groups excluding carboxylic acids is 2. The summed E-state index contributed by atoms with van der Waals surface area (Å²) in [4.78, 5) is 44.8. The molecule has 0 spiro atoms. The fourth-order valence-corrected chi connectivity index (χ4v) is 4.63. The Hall–Kier alpha value is -4.16. The maximum absolute atomic E-state index is 12.5. The van der Waals surface area contributed by atoms with Crippen molar-refractivity contribution in [2.24, 2.45) is 0 Å². The highest BCUT2D eigenvalue weighted by Crippen LogP contribution is 2.34. The molecule has 0 saturated heterocycles. The van der Waals surface area contributed by atoms with Crippen LogP contribution in [0.1, 0.15) is 26.4 Å². The Labute approximate surface area is 201 Å². The van der Waals surface area contributed by atoms with Crippen molar-refractivity contribution in [1.82, 2.24) is 9.97 Å². The average molecular weight is 496 g/mol. The van der Waals surface area contributed by atoms with Crippen molar-refractivity contribution in [2.75, 3.05) is 17.7 Å². The summed E-state index contributed by atoms with van der Waals surface area (Å²) in [5.74, 6) is -0.0644. The second-order valence-corrected chi connectivity index (χ2v) is 8.77. The molecular weight excluding hydrogens is 478 g/mol. The molecule has 4 rings (SSSR count). The first-order valence-electron chi connectivity index (χ1n) is 9.78. The lowest BCUT2D eigenvalue weighted by Gasteiger charge is -2.03. The lowest BCUT2D eigenvalue weighted by Crippen LogP contribution is -2.11. The molecular formula is C22H17N5O5S2. The molecule has 0 unspecified atom stereocenters. The van der Waals surface area contributed by atoms with E-state index in [-0.39, 0.29) is 17.2 Å². The van der Waals surface area contributed by atoms with E-state index in [0.29, 0.717) is 33.0 Å². The number of nitro benzene ring substituents is 1. The minimum absolute atomic E-state index is 0.0939. The summed E-state index contributed by atoms with van der Waals surface area (Å²) in [7, 11) is 1.56. The zero-order chi connectivity index (χ0) is 24.2. The van der Waals surface area contributed by atoms with Crippen LogP contribution in [0.15, 0.2) is 53.9 Å². The molecule has 2 aromatic carbocycles. The lowest BCUT2D eigenvalue weighted by atomic mass is 10.2. The first-order valence-corrected chi connectivity index (χ1v) is 11.5. The third-order valence-corrected chi connectivity index (χ3v) is 6.52. The van der Waals surface area contributed by atoms with Crippen LogP contribution in [-0.2, 0) is 0 Å². The molecule has 0 aliphatic heterocycles. The van der Waals surface area contributed by atoms with E-state index in [4.69, 9.17) is 4.74 Å². The summed E-state index contributed by atoms with van der Waals surface area (Å²) < 4.78 is 5.10. The molecule has 2 heterocycles. The predicted molar refractivity (Wildman–Crippen MR) is 130 cm³/mol. The Balaban J connectivity index is 1.44. The lowest BCUT2D eigenvalue weighted by molar-refractivity contribution is -0.384. The first kappa shape index (κ1) is 23.0. The van der Waals surface area contributed by atoms with Gasteiger partial charge in [-0.05, 0) is 43.3 Å². The molecule has 0 atom stereocenters. The van der Waals surface area contributed by atoms with E-state index in [1.807, 2.05) is 6.92 Å². The van der Waals surface area contributed by atoms with Crippen molar-refractivity contribution < 1.29 is 19.2 Å². The number of hydrogen-bond donors (Lipinski definition) is 2. The smallest absolute Gasteiger partial charge is 0.269 e. The monoisotopic (exact) mass is 495 g/mol. The normalized spacial score (nSPS) is 10.5. The molecule has 4 aromatic rings. The number of rotatable bonds is 7. The SMILES string of the molecule is COc1ccc(C(=O)Nc2nc(C)c(-c3csc(NC(=O)c4ccc([N+](=O)[O-])cc4)n3)s2)cc1. The number of anilines is 2. The maximum atomic E-state index is 12.5. The number of aryl methyl sites for hydroxylation is 1. The second kappa shape index (κ2) is 9.77. The molecule has 12 heteroatoms. The van der Waals surface area contributed by atoms with Gasteiger partial charge in [-0.25, -0.2) is 9.97 Å². The number of benzene rings is 2. The molecule has 10 nitrogen and oxygen atoms in total. The number of amides is 2. The van der Waals surface area contributed by atoms with E-state index in [1.54, 1.807) is 36.8 Å². The molecule has 2 aromatic heterocycles.